The van der Waals surface area contributed by atoms with Crippen LogP contribution in [0, 0.1) is 23.7 Å². The lowest BCUT2D eigenvalue weighted by atomic mass is 9.72. The van der Waals surface area contributed by atoms with Gasteiger partial charge in [-0.05, 0) is 44.0 Å². The molecule has 1 N–H and O–H groups in total. The molecule has 11 nitrogen and oxygen atoms in total. The van der Waals surface area contributed by atoms with Crippen LogP contribution < -0.4 is 15.2 Å². The van der Waals surface area contributed by atoms with Gasteiger partial charge in [-0.1, -0.05) is 11.6 Å². The van der Waals surface area contributed by atoms with E-state index in [0.717, 1.165) is 37.8 Å². The number of carbonyl (C=O) groups is 1. The molecule has 1 aromatic carbocycles. The molecule has 3 fully saturated rings. The van der Waals surface area contributed by atoms with Crippen LogP contribution in [0.5, 0.6) is 5.75 Å². The fourth-order valence-electron chi connectivity index (χ4n) is 6.93. The van der Waals surface area contributed by atoms with E-state index in [1.807, 2.05) is 0 Å². The fourth-order valence-corrected chi connectivity index (χ4v) is 8.13. The highest BCUT2D eigenvalue weighted by molar-refractivity contribution is 7.18. The Morgan fingerprint density at radius 1 is 1.20 bits per heavy atom. The van der Waals surface area contributed by atoms with E-state index in [0.29, 0.717) is 43.7 Å². The summed E-state index contributed by atoms with van der Waals surface area (Å²) in [4.78, 5) is 43.8. The SMILES string of the molecule is Cc1nc2cnc(N3CC4(C3)CN(C3CC3)C4)c(C#N)c2c(=O)n1CCOc1ccc(Cl)cc1-c1ccnc2c(C(=O)O)csc12. The van der Waals surface area contributed by atoms with E-state index >= 15 is 0 Å². The molecular formula is C33H28ClN7O4S. The van der Waals surface area contributed by atoms with Gasteiger partial charge in [-0.3, -0.25) is 19.2 Å². The lowest BCUT2D eigenvalue weighted by molar-refractivity contribution is -0.0278. The van der Waals surface area contributed by atoms with Crippen molar-refractivity contribution in [3.63, 3.8) is 0 Å². The zero-order valence-corrected chi connectivity index (χ0v) is 26.4. The lowest BCUT2D eigenvalue weighted by Gasteiger charge is -2.61. The van der Waals surface area contributed by atoms with E-state index in [2.05, 4.69) is 30.8 Å². The zero-order chi connectivity index (χ0) is 31.7. The largest absolute Gasteiger partial charge is 0.491 e. The Balaban J connectivity index is 1.06. The second-order valence-electron chi connectivity index (χ2n) is 12.4. The molecule has 6 heterocycles. The molecule has 232 valence electrons. The Hall–Kier alpha value is -4.57. The molecule has 0 unspecified atom stereocenters. The molecule has 1 spiro atoms. The van der Waals surface area contributed by atoms with E-state index in [1.165, 1.54) is 28.7 Å². The monoisotopic (exact) mass is 653 g/mol. The van der Waals surface area contributed by atoms with Crippen molar-refractivity contribution >= 4 is 55.8 Å². The standard InChI is InChI=1S/C33H28ClN7O4S/c1-18-38-25-12-37-30(40-16-33(17-40)14-39(15-33)20-3-4-20)23(11-35)27(25)31(42)41(18)8-9-45-26-5-2-19(34)10-22(26)21-6-7-36-28-24(32(43)44)13-46-29(21)28/h2,5-7,10,12-13,20H,3-4,8-9,14-17H2,1H3,(H,43,44). The number of benzene rings is 1. The van der Waals surface area contributed by atoms with E-state index in [-0.39, 0.29) is 40.6 Å². The molecule has 0 bridgehead atoms. The highest BCUT2D eigenvalue weighted by Crippen LogP contribution is 2.46. The number of ether oxygens (including phenoxy) is 1. The van der Waals surface area contributed by atoms with Gasteiger partial charge in [0.2, 0.25) is 0 Å². The van der Waals surface area contributed by atoms with Crippen LogP contribution >= 0.6 is 22.9 Å². The van der Waals surface area contributed by atoms with E-state index in [1.54, 1.807) is 49.0 Å². The quantitative estimate of drug-likeness (QED) is 0.244. The van der Waals surface area contributed by atoms with Crippen molar-refractivity contribution in [2.45, 2.75) is 32.4 Å². The number of pyridine rings is 2. The van der Waals surface area contributed by atoms with Crippen LogP contribution in [0.2, 0.25) is 5.02 Å². The zero-order valence-electron chi connectivity index (χ0n) is 24.9. The summed E-state index contributed by atoms with van der Waals surface area (Å²) < 4.78 is 8.46. The molecule has 8 rings (SSSR count). The Kier molecular flexibility index (Phi) is 6.75. The third kappa shape index (κ3) is 4.69. The summed E-state index contributed by atoms with van der Waals surface area (Å²) in [6.07, 6.45) is 5.76. The van der Waals surface area contributed by atoms with E-state index in [4.69, 9.17) is 16.3 Å². The number of carboxylic acids is 1. The smallest absolute Gasteiger partial charge is 0.338 e. The number of thiophene rings is 1. The Bertz CT molecular complexity index is 2170. The molecule has 5 aromatic rings. The van der Waals surface area contributed by atoms with Gasteiger partial charge in [-0.15, -0.1) is 11.3 Å². The summed E-state index contributed by atoms with van der Waals surface area (Å²) >= 11 is 7.67. The van der Waals surface area contributed by atoms with Crippen LogP contribution in [0.1, 0.15) is 34.6 Å². The molecule has 0 atom stereocenters. The minimum atomic E-state index is -1.04. The molecule has 0 radical (unpaired) electrons. The number of halogens is 1. The maximum absolute atomic E-state index is 13.9. The number of aromatic carboxylic acids is 1. The van der Waals surface area contributed by atoms with Gasteiger partial charge in [0, 0.05) is 65.4 Å². The van der Waals surface area contributed by atoms with Crippen LogP contribution in [0.4, 0.5) is 5.82 Å². The molecule has 46 heavy (non-hydrogen) atoms. The second-order valence-corrected chi connectivity index (χ2v) is 13.7. The highest BCUT2D eigenvalue weighted by Gasteiger charge is 2.55. The number of hydrogen-bond donors (Lipinski definition) is 1. The van der Waals surface area contributed by atoms with Crippen LogP contribution in [0.25, 0.3) is 32.2 Å². The number of likely N-dealkylation sites (tertiary alicyclic amines) is 1. The molecule has 0 amide bonds. The molecule has 2 aliphatic heterocycles. The topological polar surface area (TPSA) is 137 Å². The van der Waals surface area contributed by atoms with Crippen molar-refractivity contribution in [1.29, 1.82) is 5.26 Å². The summed E-state index contributed by atoms with van der Waals surface area (Å²) in [5, 5.41) is 22.1. The number of rotatable bonds is 8. The maximum Gasteiger partial charge on any atom is 0.338 e. The maximum atomic E-state index is 13.9. The van der Waals surface area contributed by atoms with Crippen molar-refractivity contribution < 1.29 is 14.6 Å². The van der Waals surface area contributed by atoms with Gasteiger partial charge in [0.25, 0.3) is 5.56 Å². The Morgan fingerprint density at radius 2 is 2.00 bits per heavy atom. The van der Waals surface area contributed by atoms with Gasteiger partial charge >= 0.3 is 5.97 Å². The number of anilines is 1. The third-order valence-corrected chi connectivity index (χ3v) is 10.5. The Labute approximate surface area is 272 Å². The number of nitriles is 1. The van der Waals surface area contributed by atoms with Gasteiger partial charge in [0.05, 0.1) is 39.4 Å². The first-order chi connectivity index (χ1) is 22.2. The van der Waals surface area contributed by atoms with Crippen molar-refractivity contribution in [3.8, 4) is 22.9 Å². The van der Waals surface area contributed by atoms with Gasteiger partial charge in [-0.25, -0.2) is 14.8 Å². The van der Waals surface area contributed by atoms with E-state index in [9.17, 15) is 20.0 Å². The summed E-state index contributed by atoms with van der Waals surface area (Å²) in [5.41, 5.74) is 2.58. The van der Waals surface area contributed by atoms with Crippen LogP contribution in [0.3, 0.4) is 0 Å². The predicted molar refractivity (Wildman–Crippen MR) is 175 cm³/mol. The summed E-state index contributed by atoms with van der Waals surface area (Å²) in [6, 6.07) is 10.0. The summed E-state index contributed by atoms with van der Waals surface area (Å²) in [6.45, 7) is 5.93. The first-order valence-electron chi connectivity index (χ1n) is 15.1. The molecular weight excluding hydrogens is 626 g/mol. The normalized spacial score (nSPS) is 17.2. The number of carboxylic acid groups (broad SMARTS) is 1. The first-order valence-corrected chi connectivity index (χ1v) is 16.3. The first kappa shape index (κ1) is 28.9. The number of hydrogen-bond acceptors (Lipinski definition) is 10. The molecule has 3 aliphatic rings. The average Bonchev–Trinajstić information content (AvgIpc) is 3.74. The van der Waals surface area contributed by atoms with Crippen LogP contribution in [0.15, 0.2) is 46.8 Å². The molecule has 4 aromatic heterocycles. The molecule has 13 heteroatoms. The summed E-state index contributed by atoms with van der Waals surface area (Å²) in [7, 11) is 0. The van der Waals surface area contributed by atoms with Gasteiger partial charge < -0.3 is 14.7 Å². The van der Waals surface area contributed by atoms with Gasteiger partial charge in [-0.2, -0.15) is 5.26 Å². The average molecular weight is 654 g/mol. The second kappa shape index (κ2) is 10.8. The van der Waals surface area contributed by atoms with Crippen molar-refractivity contribution in [2.24, 2.45) is 5.41 Å². The fraction of sp³-hybridized carbons (Fsp3) is 0.333. The minimum Gasteiger partial charge on any atom is -0.491 e. The van der Waals surface area contributed by atoms with Crippen molar-refractivity contribution in [2.75, 3.05) is 37.7 Å². The van der Waals surface area contributed by atoms with Gasteiger partial charge in [0.15, 0.2) is 0 Å². The molecule has 1 saturated carbocycles. The van der Waals surface area contributed by atoms with Crippen molar-refractivity contribution in [3.05, 3.63) is 74.4 Å². The molecule has 2 saturated heterocycles. The predicted octanol–water partition coefficient (Wildman–Crippen LogP) is 4.96. The summed E-state index contributed by atoms with van der Waals surface area (Å²) in [5.74, 6) is 0.515. The van der Waals surface area contributed by atoms with E-state index < -0.39 is 5.97 Å². The minimum absolute atomic E-state index is 0.133. The number of aryl methyl sites for hydroxylation is 1. The lowest BCUT2D eigenvalue weighted by Crippen LogP contribution is -2.72. The molecule has 1 aliphatic carbocycles. The van der Waals surface area contributed by atoms with Crippen LogP contribution in [-0.4, -0.2) is 74.3 Å². The Morgan fingerprint density at radius 3 is 2.74 bits per heavy atom. The van der Waals surface area contributed by atoms with Crippen LogP contribution in [-0.2, 0) is 6.54 Å². The highest BCUT2D eigenvalue weighted by atomic mass is 35.5. The number of fused-ring (bicyclic) bond motifs is 2. The third-order valence-electron chi connectivity index (χ3n) is 9.26. The van der Waals surface area contributed by atoms with Crippen molar-refractivity contribution in [1.82, 2.24) is 24.4 Å². The van der Waals surface area contributed by atoms with Gasteiger partial charge in [0.1, 0.15) is 35.6 Å². The number of nitrogens with zero attached hydrogens (tertiary/aromatic N) is 7. The number of aromatic nitrogens is 4.